The molecule has 2 fully saturated rings. The maximum Gasteiger partial charge on any atom is 0.0446 e. The lowest BCUT2D eigenvalue weighted by molar-refractivity contribution is 0.00321. The van der Waals surface area contributed by atoms with E-state index in [2.05, 4.69) is 58.9 Å². The summed E-state index contributed by atoms with van der Waals surface area (Å²) in [5.41, 5.74) is 1.45. The lowest BCUT2D eigenvalue weighted by atomic mass is 9.98. The predicted molar refractivity (Wildman–Crippen MR) is 109 cm³/mol. The van der Waals surface area contributed by atoms with Crippen molar-refractivity contribution in [2.24, 2.45) is 0 Å². The van der Waals surface area contributed by atoms with E-state index in [9.17, 15) is 5.11 Å². The first-order chi connectivity index (χ1) is 12.7. The minimum absolute atomic E-state index is 0.305. The van der Waals surface area contributed by atoms with Gasteiger partial charge in [0.25, 0.3) is 0 Å². The first kappa shape index (κ1) is 19.8. The first-order valence-corrected chi connectivity index (χ1v) is 10.5. The van der Waals surface area contributed by atoms with Crippen molar-refractivity contribution in [1.82, 2.24) is 14.7 Å². The lowest BCUT2D eigenvalue weighted by Crippen LogP contribution is -2.59. The highest BCUT2D eigenvalue weighted by atomic mass is 16.3. The third-order valence-electron chi connectivity index (χ3n) is 6.32. The highest BCUT2D eigenvalue weighted by molar-refractivity contribution is 5.14. The van der Waals surface area contributed by atoms with Gasteiger partial charge in [0.15, 0.2) is 0 Å². The van der Waals surface area contributed by atoms with Gasteiger partial charge < -0.3 is 10.0 Å². The van der Waals surface area contributed by atoms with Gasteiger partial charge in [0.1, 0.15) is 0 Å². The number of nitrogens with zero attached hydrogens (tertiary/aromatic N) is 3. The number of aliphatic hydroxyl groups excluding tert-OH is 1. The van der Waals surface area contributed by atoms with Crippen LogP contribution in [0.15, 0.2) is 30.3 Å². The number of hydrogen-bond donors (Lipinski definition) is 1. The molecule has 0 saturated carbocycles. The Morgan fingerprint density at radius 3 is 2.42 bits per heavy atom. The highest BCUT2D eigenvalue weighted by Crippen LogP contribution is 2.23. The van der Waals surface area contributed by atoms with Crippen LogP contribution in [-0.2, 0) is 6.42 Å². The van der Waals surface area contributed by atoms with Crippen molar-refractivity contribution in [1.29, 1.82) is 0 Å². The Morgan fingerprint density at radius 2 is 1.77 bits per heavy atom. The van der Waals surface area contributed by atoms with E-state index in [-0.39, 0.29) is 0 Å². The van der Waals surface area contributed by atoms with Crippen LogP contribution in [0.2, 0.25) is 0 Å². The number of benzene rings is 1. The predicted octanol–water partition coefficient (Wildman–Crippen LogP) is 2.47. The van der Waals surface area contributed by atoms with Crippen LogP contribution in [0.25, 0.3) is 0 Å². The van der Waals surface area contributed by atoms with E-state index in [4.69, 9.17) is 0 Å². The summed E-state index contributed by atoms with van der Waals surface area (Å²) >= 11 is 0. The number of piperidine rings is 1. The Balaban J connectivity index is 1.44. The van der Waals surface area contributed by atoms with Gasteiger partial charge in [-0.3, -0.25) is 9.80 Å². The fraction of sp³-hybridized carbons (Fsp3) is 0.727. The molecule has 2 aliphatic heterocycles. The number of aliphatic hydroxyl groups is 1. The molecule has 0 bridgehead atoms. The molecule has 2 saturated heterocycles. The largest absolute Gasteiger partial charge is 0.396 e. The molecule has 2 heterocycles. The molecule has 1 N–H and O–H groups in total. The van der Waals surface area contributed by atoms with Crippen LogP contribution in [0.5, 0.6) is 0 Å². The van der Waals surface area contributed by atoms with Crippen LogP contribution in [0, 0.1) is 0 Å². The monoisotopic (exact) mass is 359 g/mol. The van der Waals surface area contributed by atoms with E-state index in [0.29, 0.717) is 18.7 Å². The van der Waals surface area contributed by atoms with E-state index in [1.165, 1.54) is 44.6 Å². The molecule has 0 aliphatic carbocycles. The Labute approximate surface area is 159 Å². The third-order valence-corrected chi connectivity index (χ3v) is 6.32. The summed E-state index contributed by atoms with van der Waals surface area (Å²) in [7, 11) is 0. The van der Waals surface area contributed by atoms with Crippen molar-refractivity contribution in [3.05, 3.63) is 35.9 Å². The number of likely N-dealkylation sites (tertiary alicyclic amines) is 1. The van der Waals surface area contributed by atoms with Gasteiger partial charge in [-0.2, -0.15) is 0 Å². The zero-order chi connectivity index (χ0) is 18.4. The maximum absolute atomic E-state index is 9.45. The molecule has 146 valence electrons. The summed E-state index contributed by atoms with van der Waals surface area (Å²) in [6.45, 7) is 12.0. The van der Waals surface area contributed by atoms with Crippen molar-refractivity contribution in [2.45, 2.75) is 57.7 Å². The summed E-state index contributed by atoms with van der Waals surface area (Å²) in [6.07, 6.45) is 4.66. The van der Waals surface area contributed by atoms with Gasteiger partial charge in [-0.05, 0) is 58.2 Å². The molecule has 0 amide bonds. The van der Waals surface area contributed by atoms with E-state index in [1.54, 1.807) is 0 Å². The van der Waals surface area contributed by atoms with E-state index in [0.717, 1.165) is 32.0 Å². The van der Waals surface area contributed by atoms with Crippen molar-refractivity contribution in [3.63, 3.8) is 0 Å². The molecule has 4 nitrogen and oxygen atoms in total. The Hall–Kier alpha value is -0.940. The summed E-state index contributed by atoms with van der Waals surface area (Å²) in [5.74, 6) is 0. The van der Waals surface area contributed by atoms with Gasteiger partial charge in [-0.25, -0.2) is 0 Å². The van der Waals surface area contributed by atoms with Crippen molar-refractivity contribution >= 4 is 0 Å². The van der Waals surface area contributed by atoms with Crippen LogP contribution < -0.4 is 0 Å². The summed E-state index contributed by atoms with van der Waals surface area (Å²) < 4.78 is 0. The Bertz CT molecular complexity index is 513. The quantitative estimate of drug-likeness (QED) is 0.810. The van der Waals surface area contributed by atoms with E-state index < -0.39 is 0 Å². The molecule has 2 aliphatic rings. The van der Waals surface area contributed by atoms with Gasteiger partial charge in [0.2, 0.25) is 0 Å². The fourth-order valence-corrected chi connectivity index (χ4v) is 4.75. The molecule has 1 aromatic rings. The molecule has 1 aromatic carbocycles. The molecule has 26 heavy (non-hydrogen) atoms. The minimum Gasteiger partial charge on any atom is -0.396 e. The number of hydrogen-bond acceptors (Lipinski definition) is 4. The second-order valence-corrected chi connectivity index (χ2v) is 8.30. The standard InChI is InChI=1S/C22H37N3O/c1-19(2)25-16-15-24(18-22(25)11-17-26)21-9-13-23(14-10-21)12-8-20-6-4-3-5-7-20/h3-7,19,21-22,26H,8-18H2,1-2H3/t22-/m0/s1. The molecule has 4 heteroatoms. The van der Waals surface area contributed by atoms with Crippen molar-refractivity contribution in [3.8, 4) is 0 Å². The SMILES string of the molecule is CC(C)N1CCN(C2CCN(CCc3ccccc3)CC2)C[C@@H]1CCO. The molecule has 3 rings (SSSR count). The van der Waals surface area contributed by atoms with E-state index >= 15 is 0 Å². The number of rotatable bonds is 7. The normalized spacial score (nSPS) is 24.4. The maximum atomic E-state index is 9.45. The van der Waals surface area contributed by atoms with Crippen LogP contribution in [-0.4, -0.2) is 83.8 Å². The van der Waals surface area contributed by atoms with Crippen LogP contribution in [0.1, 0.15) is 38.7 Å². The molecule has 0 spiro atoms. The van der Waals surface area contributed by atoms with Gasteiger partial charge in [-0.15, -0.1) is 0 Å². The molecular weight excluding hydrogens is 322 g/mol. The second-order valence-electron chi connectivity index (χ2n) is 8.30. The molecular formula is C22H37N3O. The minimum atomic E-state index is 0.305. The van der Waals surface area contributed by atoms with E-state index in [1.807, 2.05) is 0 Å². The highest BCUT2D eigenvalue weighted by Gasteiger charge is 2.33. The fourth-order valence-electron chi connectivity index (χ4n) is 4.75. The van der Waals surface area contributed by atoms with Crippen LogP contribution in [0.4, 0.5) is 0 Å². The average molecular weight is 360 g/mol. The summed E-state index contributed by atoms with van der Waals surface area (Å²) in [4.78, 5) is 7.94. The molecule has 0 radical (unpaired) electrons. The zero-order valence-electron chi connectivity index (χ0n) is 16.7. The van der Waals surface area contributed by atoms with Gasteiger partial charge >= 0.3 is 0 Å². The zero-order valence-corrected chi connectivity index (χ0v) is 16.7. The molecule has 1 atom stereocenters. The first-order valence-electron chi connectivity index (χ1n) is 10.5. The summed E-state index contributed by atoms with van der Waals surface area (Å²) in [6, 6.07) is 12.7. The smallest absolute Gasteiger partial charge is 0.0446 e. The van der Waals surface area contributed by atoms with Gasteiger partial charge in [0, 0.05) is 50.9 Å². The van der Waals surface area contributed by atoms with Crippen molar-refractivity contribution in [2.75, 3.05) is 45.9 Å². The topological polar surface area (TPSA) is 30.0 Å². The van der Waals surface area contributed by atoms with Crippen molar-refractivity contribution < 1.29 is 5.11 Å². The van der Waals surface area contributed by atoms with Gasteiger partial charge in [-0.1, -0.05) is 30.3 Å². The summed E-state index contributed by atoms with van der Waals surface area (Å²) in [5, 5.41) is 9.45. The lowest BCUT2D eigenvalue weighted by Gasteiger charge is -2.48. The Morgan fingerprint density at radius 1 is 1.04 bits per heavy atom. The third kappa shape index (κ3) is 5.29. The molecule has 0 aromatic heterocycles. The second kappa shape index (κ2) is 9.84. The van der Waals surface area contributed by atoms with Gasteiger partial charge in [0.05, 0.1) is 0 Å². The molecule has 0 unspecified atom stereocenters. The van der Waals surface area contributed by atoms with Crippen LogP contribution >= 0.6 is 0 Å². The Kier molecular flexibility index (Phi) is 7.50. The van der Waals surface area contributed by atoms with Crippen LogP contribution in [0.3, 0.4) is 0 Å². The number of piperazine rings is 1. The average Bonchev–Trinajstić information content (AvgIpc) is 2.67.